The zero-order chi connectivity index (χ0) is 29.5. The van der Waals surface area contributed by atoms with Gasteiger partial charge in [0.15, 0.2) is 0 Å². The summed E-state index contributed by atoms with van der Waals surface area (Å²) in [6.07, 6.45) is -2.71. The molecule has 0 bridgehead atoms. The number of hydrogen-bond donors (Lipinski definition) is 3. The summed E-state index contributed by atoms with van der Waals surface area (Å²) < 4.78 is 72.8. The summed E-state index contributed by atoms with van der Waals surface area (Å²) in [4.78, 5) is 26.6. The maximum Gasteiger partial charge on any atom is 0.433 e. The Morgan fingerprint density at radius 3 is 2.83 bits per heavy atom. The highest BCUT2D eigenvalue weighted by molar-refractivity contribution is 7.84. The van der Waals surface area contributed by atoms with E-state index in [2.05, 4.69) is 24.5 Å². The first-order valence-corrected chi connectivity index (χ1v) is 14.8. The molecule has 1 aliphatic heterocycles. The first-order chi connectivity index (χ1) is 19.3. The number of nitrogens with zero attached hydrogens (tertiary/aromatic N) is 3. The van der Waals surface area contributed by atoms with Gasteiger partial charge in [-0.1, -0.05) is 6.07 Å². The fourth-order valence-corrected chi connectivity index (χ4v) is 6.46. The molecule has 4 N–H and O–H groups in total. The smallest absolute Gasteiger partial charge is 0.393 e. The molecular weight excluding hydrogens is 587 g/mol. The number of carbonyl (C=O) groups excluding carboxylic acids is 1. The Labute approximate surface area is 237 Å². The van der Waals surface area contributed by atoms with E-state index < -0.39 is 46.1 Å². The maximum atomic E-state index is 13.6. The van der Waals surface area contributed by atoms with Crippen LogP contribution in [0.4, 0.5) is 19.0 Å². The van der Waals surface area contributed by atoms with Crippen molar-refractivity contribution in [2.24, 2.45) is 11.1 Å². The largest absolute Gasteiger partial charge is 0.433 e. The molecular formula is C25H26F3N5O6S2. The van der Waals surface area contributed by atoms with Gasteiger partial charge in [0.2, 0.25) is 5.78 Å². The van der Waals surface area contributed by atoms with Crippen LogP contribution in [0.25, 0.3) is 0 Å². The van der Waals surface area contributed by atoms with Crippen LogP contribution in [-0.2, 0) is 31.8 Å². The molecule has 0 radical (unpaired) electrons. The highest BCUT2D eigenvalue weighted by Crippen LogP contribution is 2.39. The Morgan fingerprint density at radius 1 is 1.32 bits per heavy atom. The van der Waals surface area contributed by atoms with Crippen LogP contribution in [0.3, 0.4) is 0 Å². The van der Waals surface area contributed by atoms with Gasteiger partial charge >= 0.3 is 16.5 Å². The van der Waals surface area contributed by atoms with E-state index in [1.807, 2.05) is 0 Å². The third-order valence-electron chi connectivity index (χ3n) is 7.07. The quantitative estimate of drug-likeness (QED) is 0.322. The molecule has 5 rings (SSSR count). The van der Waals surface area contributed by atoms with Crippen LogP contribution in [-0.4, -0.2) is 59.6 Å². The molecule has 2 aliphatic rings. The zero-order valence-electron chi connectivity index (χ0n) is 21.6. The fourth-order valence-electron chi connectivity index (χ4n) is 5.09. The Balaban J connectivity index is 1.37. The van der Waals surface area contributed by atoms with Crippen LogP contribution in [0.15, 0.2) is 30.7 Å². The summed E-state index contributed by atoms with van der Waals surface area (Å²) in [5.41, 5.74) is 0.526. The van der Waals surface area contributed by atoms with E-state index in [9.17, 15) is 31.5 Å². The zero-order valence-corrected chi connectivity index (χ0v) is 23.2. The maximum absolute atomic E-state index is 13.6. The van der Waals surface area contributed by atoms with Crippen molar-refractivity contribution in [3.05, 3.63) is 68.6 Å². The number of aryl methyl sites for hydroxylation is 1. The van der Waals surface area contributed by atoms with Crippen LogP contribution in [0.2, 0.25) is 0 Å². The van der Waals surface area contributed by atoms with Crippen molar-refractivity contribution in [3.63, 3.8) is 0 Å². The van der Waals surface area contributed by atoms with Gasteiger partial charge in [0.05, 0.1) is 35.5 Å². The molecule has 1 fully saturated rings. The predicted octanol–water partition coefficient (Wildman–Crippen LogP) is 2.92. The van der Waals surface area contributed by atoms with Crippen LogP contribution < -0.4 is 10.5 Å². The Bertz CT molecular complexity index is 1570. The summed E-state index contributed by atoms with van der Waals surface area (Å²) in [5, 5.41) is 18.4. The number of nitrogens with two attached hydrogens (primary N) is 1. The van der Waals surface area contributed by atoms with Crippen molar-refractivity contribution in [2.45, 2.75) is 50.6 Å². The van der Waals surface area contributed by atoms with Gasteiger partial charge in [-0.25, -0.2) is 20.1 Å². The second kappa shape index (κ2) is 11.3. The lowest BCUT2D eigenvalue weighted by Gasteiger charge is -2.26. The number of ketones is 1. The second-order valence-electron chi connectivity index (χ2n) is 9.89. The highest BCUT2D eigenvalue weighted by atomic mass is 32.2. The number of fused-ring (bicyclic) bond motifs is 1. The number of carbonyl (C=O) groups is 1. The van der Waals surface area contributed by atoms with E-state index in [1.165, 1.54) is 29.9 Å². The number of alkyl halides is 3. The van der Waals surface area contributed by atoms with Gasteiger partial charge in [0, 0.05) is 28.6 Å². The molecule has 41 heavy (non-hydrogen) atoms. The van der Waals surface area contributed by atoms with Gasteiger partial charge in [-0.2, -0.15) is 21.6 Å². The lowest BCUT2D eigenvalue weighted by molar-refractivity contribution is -0.141. The number of rotatable bonds is 8. The molecule has 0 unspecified atom stereocenters. The average Bonchev–Trinajstić information content (AvgIpc) is 3.47. The molecule has 4 heterocycles. The molecule has 0 amide bonds. The third-order valence-corrected chi connectivity index (χ3v) is 8.60. The minimum atomic E-state index is -4.61. The van der Waals surface area contributed by atoms with E-state index in [-0.39, 0.29) is 36.1 Å². The number of aromatic nitrogens is 3. The number of nitrogens with one attached hydrogen (secondary N) is 1. The molecule has 0 saturated heterocycles. The van der Waals surface area contributed by atoms with Gasteiger partial charge in [-0.15, -0.1) is 11.3 Å². The number of hydrogen-bond acceptors (Lipinski definition) is 11. The normalized spacial score (nSPS) is 22.9. The molecule has 4 atom stereocenters. The fraction of sp³-hybridized carbons (Fsp3) is 0.440. The lowest BCUT2D eigenvalue weighted by atomic mass is 9.97. The van der Waals surface area contributed by atoms with Crippen LogP contribution >= 0.6 is 11.3 Å². The number of anilines is 1. The van der Waals surface area contributed by atoms with Crippen molar-refractivity contribution in [3.8, 4) is 0 Å². The van der Waals surface area contributed by atoms with Crippen LogP contribution in [0, 0.1) is 12.8 Å². The Hall–Kier alpha value is -3.02. The molecule has 0 aromatic carbocycles. The Kier molecular flexibility index (Phi) is 8.15. The number of pyridine rings is 1. The number of aliphatic hydroxyl groups is 1. The van der Waals surface area contributed by atoms with E-state index in [4.69, 9.17) is 9.88 Å². The van der Waals surface area contributed by atoms with E-state index >= 15 is 0 Å². The van der Waals surface area contributed by atoms with Crippen LogP contribution in [0.1, 0.15) is 61.6 Å². The first-order valence-electron chi connectivity index (χ1n) is 12.6. The van der Waals surface area contributed by atoms with E-state index in [1.54, 1.807) is 13.0 Å². The number of aliphatic hydroxyl groups excluding tert-OH is 1. The van der Waals surface area contributed by atoms with Gasteiger partial charge in [0.1, 0.15) is 23.9 Å². The monoisotopic (exact) mass is 613 g/mol. The molecule has 3 aromatic rings. The molecule has 11 nitrogen and oxygen atoms in total. The lowest BCUT2D eigenvalue weighted by Crippen LogP contribution is -2.24. The standard InChI is InChI=1S/C25H26F3N5O6S2/c1-12-16(23-21-13(4-5-38-23)2-3-20(33-21)25(26,27)28)8-19(40-12)22(35)17-9-30-11-31-24(17)32-15-6-14(18(34)7-15)10-39-41(29,36)37/h2-3,8-9,11,14-15,18,23,34H,4-7,10H2,1H3,(H2,29,36,37)(H,30,31,32)/t14-,15-,18+,23-/m1/s1. The Morgan fingerprint density at radius 2 is 2.10 bits per heavy atom. The minimum absolute atomic E-state index is 0.154. The predicted molar refractivity (Wildman–Crippen MR) is 140 cm³/mol. The van der Waals surface area contributed by atoms with Crippen LogP contribution in [0.5, 0.6) is 0 Å². The molecule has 3 aromatic heterocycles. The number of halogens is 3. The van der Waals surface area contributed by atoms with Crippen molar-refractivity contribution in [2.75, 3.05) is 18.5 Å². The van der Waals surface area contributed by atoms with Crippen molar-refractivity contribution in [1.29, 1.82) is 0 Å². The van der Waals surface area contributed by atoms with E-state index in [0.29, 0.717) is 40.3 Å². The summed E-state index contributed by atoms with van der Waals surface area (Å²) in [7, 11) is -4.15. The first kappa shape index (κ1) is 29.5. The highest BCUT2D eigenvalue weighted by Gasteiger charge is 2.37. The number of thiophene rings is 1. The van der Waals surface area contributed by atoms with Crippen molar-refractivity contribution < 1.29 is 40.4 Å². The van der Waals surface area contributed by atoms with Gasteiger partial charge in [0.25, 0.3) is 0 Å². The summed E-state index contributed by atoms with van der Waals surface area (Å²) in [6, 6.07) is 3.63. The number of ether oxygens (including phenoxy) is 1. The third kappa shape index (κ3) is 6.57. The molecule has 220 valence electrons. The minimum Gasteiger partial charge on any atom is -0.393 e. The van der Waals surface area contributed by atoms with Crippen molar-refractivity contribution in [1.82, 2.24) is 15.0 Å². The summed E-state index contributed by atoms with van der Waals surface area (Å²) >= 11 is 1.17. The summed E-state index contributed by atoms with van der Waals surface area (Å²) in [6.45, 7) is 1.77. The molecule has 1 aliphatic carbocycles. The van der Waals surface area contributed by atoms with E-state index in [0.717, 1.165) is 6.07 Å². The summed E-state index contributed by atoms with van der Waals surface area (Å²) in [5.74, 6) is -0.689. The second-order valence-corrected chi connectivity index (χ2v) is 12.4. The SMILES string of the molecule is Cc1sc(C(=O)c2cncnc2N[C@@H]2C[C@H](COS(N)(=O)=O)[C@@H](O)C2)cc1[C@H]1OCCc2ccc(C(F)(F)F)nc21. The van der Waals surface area contributed by atoms with Gasteiger partial charge in [-0.3, -0.25) is 8.98 Å². The average molecular weight is 614 g/mol. The molecule has 16 heteroatoms. The topological polar surface area (TPSA) is 167 Å². The van der Waals surface area contributed by atoms with Crippen molar-refractivity contribution >= 4 is 33.2 Å². The molecule has 0 spiro atoms. The van der Waals surface area contributed by atoms with Gasteiger partial charge < -0.3 is 15.2 Å². The van der Waals surface area contributed by atoms with Gasteiger partial charge in [-0.05, 0) is 43.9 Å². The molecule has 1 saturated carbocycles.